The third-order valence-corrected chi connectivity index (χ3v) is 3.93. The van der Waals surface area contributed by atoms with Crippen molar-refractivity contribution in [3.8, 4) is 5.69 Å². The Morgan fingerprint density at radius 3 is 2.35 bits per heavy atom. The van der Waals surface area contributed by atoms with Crippen molar-refractivity contribution in [3.05, 3.63) is 54.4 Å². The van der Waals surface area contributed by atoms with E-state index < -0.39 is 5.60 Å². The summed E-state index contributed by atoms with van der Waals surface area (Å²) in [6.45, 7) is 2.80. The Morgan fingerprint density at radius 2 is 1.80 bits per heavy atom. The summed E-state index contributed by atoms with van der Waals surface area (Å²) in [5.74, 6) is -0.0119. The van der Waals surface area contributed by atoms with Crippen molar-refractivity contribution in [1.29, 1.82) is 0 Å². The highest BCUT2D eigenvalue weighted by Crippen LogP contribution is 2.25. The van der Waals surface area contributed by atoms with Gasteiger partial charge in [-0.2, -0.15) is 0 Å². The third-order valence-electron chi connectivity index (χ3n) is 3.93. The Bertz CT molecular complexity index is 596. The molecule has 1 aliphatic rings. The zero-order valence-corrected chi connectivity index (χ0v) is 11.5. The molecule has 1 aliphatic heterocycles. The van der Waals surface area contributed by atoms with Crippen LogP contribution >= 0.6 is 0 Å². The summed E-state index contributed by atoms with van der Waals surface area (Å²) in [5.41, 5.74) is 1.01. The van der Waals surface area contributed by atoms with Crippen molar-refractivity contribution in [3.63, 3.8) is 0 Å². The van der Waals surface area contributed by atoms with Crippen molar-refractivity contribution in [2.75, 3.05) is 13.1 Å². The van der Waals surface area contributed by atoms with Crippen LogP contribution in [-0.4, -0.2) is 39.2 Å². The van der Waals surface area contributed by atoms with E-state index in [4.69, 9.17) is 0 Å². The van der Waals surface area contributed by atoms with Crippen LogP contribution in [-0.2, 0) is 0 Å². The molecule has 1 aromatic heterocycles. The van der Waals surface area contributed by atoms with Gasteiger partial charge >= 0.3 is 0 Å². The molecular weight excluding hydrogens is 252 g/mol. The lowest BCUT2D eigenvalue weighted by Gasteiger charge is -2.46. The summed E-state index contributed by atoms with van der Waals surface area (Å²) in [5, 5.41) is 9.96. The van der Waals surface area contributed by atoms with Crippen LogP contribution in [0.25, 0.3) is 5.69 Å². The molecule has 0 saturated carbocycles. The minimum atomic E-state index is -0.680. The monoisotopic (exact) mass is 270 g/mol. The van der Waals surface area contributed by atoms with Gasteiger partial charge in [0.2, 0.25) is 0 Å². The largest absolute Gasteiger partial charge is 0.386 e. The lowest BCUT2D eigenvalue weighted by atomic mass is 9.90. The Hall–Kier alpha value is -2.07. The first-order valence-corrected chi connectivity index (χ1v) is 6.86. The van der Waals surface area contributed by atoms with Crippen molar-refractivity contribution >= 4 is 5.91 Å². The van der Waals surface area contributed by atoms with Gasteiger partial charge in [-0.05, 0) is 42.8 Å². The molecule has 4 heteroatoms. The highest BCUT2D eigenvalue weighted by atomic mass is 16.3. The summed E-state index contributed by atoms with van der Waals surface area (Å²) in [4.78, 5) is 13.9. The number of hydrogen-bond donors (Lipinski definition) is 1. The second kappa shape index (κ2) is 4.80. The quantitative estimate of drug-likeness (QED) is 0.928. The van der Waals surface area contributed by atoms with Gasteiger partial charge < -0.3 is 14.6 Å². The fourth-order valence-electron chi connectivity index (χ4n) is 2.50. The smallest absolute Gasteiger partial charge is 0.254 e. The number of benzene rings is 1. The number of likely N-dealkylation sites (tertiary alicyclic amines) is 1. The number of carbonyl (C=O) groups is 1. The summed E-state index contributed by atoms with van der Waals surface area (Å²) >= 11 is 0. The average molecular weight is 270 g/mol. The van der Waals surface area contributed by atoms with Gasteiger partial charge in [-0.1, -0.05) is 6.92 Å². The minimum absolute atomic E-state index is 0.0119. The van der Waals surface area contributed by atoms with Gasteiger partial charge in [0.25, 0.3) is 5.91 Å². The second-order valence-electron chi connectivity index (χ2n) is 5.38. The first kappa shape index (κ1) is 12.9. The fourth-order valence-corrected chi connectivity index (χ4v) is 2.50. The predicted molar refractivity (Wildman–Crippen MR) is 76.9 cm³/mol. The van der Waals surface area contributed by atoms with Gasteiger partial charge in [0, 0.05) is 23.6 Å². The summed E-state index contributed by atoms with van der Waals surface area (Å²) in [6.07, 6.45) is 4.62. The van der Waals surface area contributed by atoms with Crippen LogP contribution in [0, 0.1) is 0 Å². The number of carbonyl (C=O) groups excluding carboxylic acids is 1. The van der Waals surface area contributed by atoms with E-state index in [0.29, 0.717) is 25.1 Å². The lowest BCUT2D eigenvalue weighted by molar-refractivity contribution is -0.0826. The molecule has 0 atom stereocenters. The molecule has 1 saturated heterocycles. The standard InChI is InChI=1S/C16H18N2O2/c1-2-16(20)11-18(12-16)15(19)13-5-7-14(8-6-13)17-9-3-4-10-17/h3-10,20H,2,11-12H2,1H3. The third kappa shape index (κ3) is 2.23. The molecule has 2 aromatic rings. The molecule has 2 heterocycles. The molecule has 104 valence electrons. The molecule has 1 amide bonds. The van der Waals surface area contributed by atoms with Crippen LogP contribution in [0.4, 0.5) is 0 Å². The van der Waals surface area contributed by atoms with Gasteiger partial charge in [0.05, 0.1) is 18.7 Å². The van der Waals surface area contributed by atoms with Crippen LogP contribution in [0.5, 0.6) is 0 Å². The highest BCUT2D eigenvalue weighted by molar-refractivity contribution is 5.95. The zero-order chi connectivity index (χ0) is 14.2. The van der Waals surface area contributed by atoms with Crippen molar-refractivity contribution in [2.45, 2.75) is 18.9 Å². The minimum Gasteiger partial charge on any atom is -0.386 e. The van der Waals surface area contributed by atoms with Crippen molar-refractivity contribution in [2.24, 2.45) is 0 Å². The molecule has 0 radical (unpaired) electrons. The van der Waals surface area contributed by atoms with Crippen LogP contribution in [0.3, 0.4) is 0 Å². The molecule has 1 N–H and O–H groups in total. The summed E-state index contributed by atoms with van der Waals surface area (Å²) in [6, 6.07) is 11.5. The SMILES string of the molecule is CCC1(O)CN(C(=O)c2ccc(-n3cccc3)cc2)C1. The number of aromatic nitrogens is 1. The molecular formula is C16H18N2O2. The maximum absolute atomic E-state index is 12.2. The number of aliphatic hydroxyl groups is 1. The van der Waals surface area contributed by atoms with E-state index in [0.717, 1.165) is 5.69 Å². The maximum Gasteiger partial charge on any atom is 0.254 e. The van der Waals surface area contributed by atoms with E-state index in [9.17, 15) is 9.90 Å². The second-order valence-corrected chi connectivity index (χ2v) is 5.38. The molecule has 0 bridgehead atoms. The molecule has 1 aromatic carbocycles. The highest BCUT2D eigenvalue weighted by Gasteiger charge is 2.42. The van der Waals surface area contributed by atoms with Gasteiger partial charge in [0.1, 0.15) is 0 Å². The molecule has 0 aliphatic carbocycles. The number of nitrogens with zero attached hydrogens (tertiary/aromatic N) is 2. The Labute approximate surface area is 118 Å². The van der Waals surface area contributed by atoms with Crippen LogP contribution < -0.4 is 0 Å². The van der Waals surface area contributed by atoms with E-state index in [2.05, 4.69) is 0 Å². The maximum atomic E-state index is 12.2. The van der Waals surface area contributed by atoms with E-state index in [1.807, 2.05) is 60.3 Å². The van der Waals surface area contributed by atoms with Crippen LogP contribution in [0.15, 0.2) is 48.8 Å². The first-order valence-electron chi connectivity index (χ1n) is 6.86. The van der Waals surface area contributed by atoms with E-state index in [-0.39, 0.29) is 5.91 Å². The first-order chi connectivity index (χ1) is 9.61. The van der Waals surface area contributed by atoms with E-state index >= 15 is 0 Å². The lowest BCUT2D eigenvalue weighted by Crippen LogP contribution is -2.63. The summed E-state index contributed by atoms with van der Waals surface area (Å²) < 4.78 is 1.99. The topological polar surface area (TPSA) is 45.5 Å². The molecule has 20 heavy (non-hydrogen) atoms. The molecule has 3 rings (SSSR count). The Kier molecular flexibility index (Phi) is 3.10. The fraction of sp³-hybridized carbons (Fsp3) is 0.312. The van der Waals surface area contributed by atoms with Crippen molar-refractivity contribution < 1.29 is 9.90 Å². The zero-order valence-electron chi connectivity index (χ0n) is 11.5. The number of rotatable bonds is 3. The van der Waals surface area contributed by atoms with Gasteiger partial charge in [0.15, 0.2) is 0 Å². The molecule has 0 unspecified atom stereocenters. The average Bonchev–Trinajstić information content (AvgIpc) is 2.97. The Morgan fingerprint density at radius 1 is 1.20 bits per heavy atom. The van der Waals surface area contributed by atoms with Crippen molar-refractivity contribution in [1.82, 2.24) is 9.47 Å². The summed E-state index contributed by atoms with van der Waals surface area (Å²) in [7, 11) is 0. The van der Waals surface area contributed by atoms with Gasteiger partial charge in [-0.3, -0.25) is 4.79 Å². The molecule has 0 spiro atoms. The van der Waals surface area contributed by atoms with Gasteiger partial charge in [-0.15, -0.1) is 0 Å². The number of amides is 1. The van der Waals surface area contributed by atoms with Gasteiger partial charge in [-0.25, -0.2) is 0 Å². The predicted octanol–water partition coefficient (Wildman–Crippen LogP) is 2.07. The number of β-amino-alcohol motifs (C(OH)–C–C–N with tert-alkyl or cyclic N) is 1. The molecule has 1 fully saturated rings. The van der Waals surface area contributed by atoms with E-state index in [1.165, 1.54) is 0 Å². The Balaban J connectivity index is 1.71. The van der Waals surface area contributed by atoms with E-state index in [1.54, 1.807) is 4.90 Å². The number of hydrogen-bond acceptors (Lipinski definition) is 2. The molecule has 4 nitrogen and oxygen atoms in total. The van der Waals surface area contributed by atoms with Crippen LogP contribution in [0.1, 0.15) is 23.7 Å². The normalized spacial score (nSPS) is 16.8. The van der Waals surface area contributed by atoms with Crippen LogP contribution in [0.2, 0.25) is 0 Å².